The second-order valence-corrected chi connectivity index (χ2v) is 6.68. The molecule has 4 rings (SSSR count). The van der Waals surface area contributed by atoms with E-state index < -0.39 is 0 Å². The van der Waals surface area contributed by atoms with Gasteiger partial charge in [-0.3, -0.25) is 4.90 Å². The van der Waals surface area contributed by atoms with Crippen molar-refractivity contribution < 1.29 is 0 Å². The Labute approximate surface area is 131 Å². The minimum Gasteiger partial charge on any atom is -0.353 e. The smallest absolute Gasteiger partial charge is 0.145 e. The highest BCUT2D eigenvalue weighted by molar-refractivity contribution is 5.87. The Morgan fingerprint density at radius 2 is 1.77 bits per heavy atom. The summed E-state index contributed by atoms with van der Waals surface area (Å²) in [5.74, 6) is 1.11. The maximum Gasteiger partial charge on any atom is 0.145 e. The molecule has 0 atom stereocenters. The summed E-state index contributed by atoms with van der Waals surface area (Å²) in [5.41, 5.74) is 1.03. The number of piperazine rings is 1. The molecule has 22 heavy (non-hydrogen) atoms. The third kappa shape index (κ3) is 2.47. The van der Waals surface area contributed by atoms with Crippen LogP contribution in [0, 0.1) is 0 Å². The highest BCUT2D eigenvalue weighted by Crippen LogP contribution is 2.27. The van der Waals surface area contributed by atoms with E-state index >= 15 is 0 Å². The van der Waals surface area contributed by atoms with E-state index in [1.807, 2.05) is 7.05 Å². The fourth-order valence-electron chi connectivity index (χ4n) is 4.06. The van der Waals surface area contributed by atoms with Crippen LogP contribution in [0.2, 0.25) is 0 Å². The minimum atomic E-state index is 0.832. The zero-order chi connectivity index (χ0) is 14.9. The molecule has 0 radical (unpaired) electrons. The lowest BCUT2D eigenvalue weighted by Crippen LogP contribution is -2.51. The molecule has 1 saturated carbocycles. The standard InChI is InChI=1S/C17H25N5/c1-20-8-7-15-16(20)18-13-19-17(15)22-11-9-21(10-12-22)14-5-3-2-4-6-14/h7-8,13-14H,2-6,9-12H2,1H3. The number of nitrogens with zero attached hydrogens (tertiary/aromatic N) is 5. The summed E-state index contributed by atoms with van der Waals surface area (Å²) in [6.45, 7) is 4.50. The van der Waals surface area contributed by atoms with Crippen LogP contribution >= 0.6 is 0 Å². The van der Waals surface area contributed by atoms with E-state index in [0.29, 0.717) is 0 Å². The first-order valence-electron chi connectivity index (χ1n) is 8.58. The van der Waals surface area contributed by atoms with E-state index in [0.717, 1.165) is 30.6 Å². The van der Waals surface area contributed by atoms with Crippen LogP contribution in [0.3, 0.4) is 0 Å². The van der Waals surface area contributed by atoms with Gasteiger partial charge in [-0.15, -0.1) is 0 Å². The van der Waals surface area contributed by atoms with Gasteiger partial charge in [-0.2, -0.15) is 0 Å². The van der Waals surface area contributed by atoms with E-state index in [9.17, 15) is 0 Å². The molecule has 0 bridgehead atoms. The first-order valence-corrected chi connectivity index (χ1v) is 8.58. The molecule has 0 spiro atoms. The van der Waals surface area contributed by atoms with Crippen molar-refractivity contribution in [3.8, 4) is 0 Å². The van der Waals surface area contributed by atoms with Crippen molar-refractivity contribution in [2.45, 2.75) is 38.1 Å². The quantitative estimate of drug-likeness (QED) is 0.853. The van der Waals surface area contributed by atoms with Gasteiger partial charge in [0.05, 0.1) is 5.39 Å². The van der Waals surface area contributed by atoms with Crippen LogP contribution < -0.4 is 4.90 Å². The molecule has 1 aliphatic heterocycles. The number of fused-ring (bicyclic) bond motifs is 1. The van der Waals surface area contributed by atoms with Crippen molar-refractivity contribution in [1.29, 1.82) is 0 Å². The molecule has 0 unspecified atom stereocenters. The topological polar surface area (TPSA) is 37.2 Å². The highest BCUT2D eigenvalue weighted by Gasteiger charge is 2.26. The van der Waals surface area contributed by atoms with Gasteiger partial charge in [0.2, 0.25) is 0 Å². The first-order chi connectivity index (χ1) is 10.8. The van der Waals surface area contributed by atoms with Gasteiger partial charge in [0.25, 0.3) is 0 Å². The van der Waals surface area contributed by atoms with Crippen molar-refractivity contribution in [2.75, 3.05) is 31.1 Å². The predicted octanol–water partition coefficient (Wildman–Crippen LogP) is 2.42. The van der Waals surface area contributed by atoms with Gasteiger partial charge in [0.1, 0.15) is 17.8 Å². The Balaban J connectivity index is 1.48. The Morgan fingerprint density at radius 3 is 2.55 bits per heavy atom. The second kappa shape index (κ2) is 5.88. The third-order valence-electron chi connectivity index (χ3n) is 5.35. The molecular formula is C17H25N5. The highest BCUT2D eigenvalue weighted by atomic mass is 15.3. The SMILES string of the molecule is Cn1ccc2c(N3CCN(C4CCCCC4)CC3)ncnc21. The first kappa shape index (κ1) is 14.0. The van der Waals surface area contributed by atoms with E-state index in [2.05, 4.69) is 36.6 Å². The Bertz CT molecular complexity index is 636. The van der Waals surface area contributed by atoms with E-state index in [4.69, 9.17) is 0 Å². The van der Waals surface area contributed by atoms with Crippen LogP contribution in [0.25, 0.3) is 11.0 Å². The number of aryl methyl sites for hydroxylation is 1. The van der Waals surface area contributed by atoms with Gasteiger partial charge < -0.3 is 9.47 Å². The summed E-state index contributed by atoms with van der Waals surface area (Å²) < 4.78 is 2.07. The second-order valence-electron chi connectivity index (χ2n) is 6.68. The lowest BCUT2D eigenvalue weighted by molar-refractivity contribution is 0.148. The molecular weight excluding hydrogens is 274 g/mol. The molecule has 118 valence electrons. The average molecular weight is 299 g/mol. The zero-order valence-corrected chi connectivity index (χ0v) is 13.4. The maximum atomic E-state index is 4.56. The molecule has 2 aromatic rings. The summed E-state index contributed by atoms with van der Waals surface area (Å²) in [7, 11) is 2.04. The van der Waals surface area contributed by atoms with E-state index in [1.54, 1.807) is 6.33 Å². The summed E-state index contributed by atoms with van der Waals surface area (Å²) in [4.78, 5) is 14.1. The summed E-state index contributed by atoms with van der Waals surface area (Å²) in [6.07, 6.45) is 10.8. The van der Waals surface area contributed by atoms with Crippen molar-refractivity contribution in [3.05, 3.63) is 18.6 Å². The molecule has 1 aliphatic carbocycles. The van der Waals surface area contributed by atoms with Crippen molar-refractivity contribution in [2.24, 2.45) is 7.05 Å². The number of hydrogen-bond donors (Lipinski definition) is 0. The fraction of sp³-hybridized carbons (Fsp3) is 0.647. The third-order valence-corrected chi connectivity index (χ3v) is 5.35. The van der Waals surface area contributed by atoms with Crippen LogP contribution in [0.1, 0.15) is 32.1 Å². The molecule has 5 nitrogen and oxygen atoms in total. The van der Waals surface area contributed by atoms with Crippen molar-refractivity contribution >= 4 is 16.9 Å². The maximum absolute atomic E-state index is 4.56. The predicted molar refractivity (Wildman–Crippen MR) is 89.2 cm³/mol. The van der Waals surface area contributed by atoms with Crippen LogP contribution in [0.5, 0.6) is 0 Å². The number of anilines is 1. The van der Waals surface area contributed by atoms with Crippen LogP contribution in [0.4, 0.5) is 5.82 Å². The summed E-state index contributed by atoms with van der Waals surface area (Å²) in [6, 6.07) is 2.97. The molecule has 3 heterocycles. The van der Waals surface area contributed by atoms with E-state index in [1.165, 1.54) is 50.6 Å². The van der Waals surface area contributed by atoms with Crippen LogP contribution in [0.15, 0.2) is 18.6 Å². The Hall–Kier alpha value is -1.62. The molecule has 1 saturated heterocycles. The lowest BCUT2D eigenvalue weighted by atomic mass is 9.94. The molecule has 0 N–H and O–H groups in total. The van der Waals surface area contributed by atoms with E-state index in [-0.39, 0.29) is 0 Å². The lowest BCUT2D eigenvalue weighted by Gasteiger charge is -2.41. The molecule has 0 aromatic carbocycles. The summed E-state index contributed by atoms with van der Waals surface area (Å²) >= 11 is 0. The average Bonchev–Trinajstić information content (AvgIpc) is 2.97. The van der Waals surface area contributed by atoms with Gasteiger partial charge in [-0.25, -0.2) is 9.97 Å². The molecule has 5 heteroatoms. The monoisotopic (exact) mass is 299 g/mol. The Kier molecular flexibility index (Phi) is 3.74. The van der Waals surface area contributed by atoms with Gasteiger partial charge in [-0.05, 0) is 18.9 Å². The van der Waals surface area contributed by atoms with Gasteiger partial charge in [0, 0.05) is 45.5 Å². The fourth-order valence-corrected chi connectivity index (χ4v) is 4.06. The number of aromatic nitrogens is 3. The van der Waals surface area contributed by atoms with Gasteiger partial charge >= 0.3 is 0 Å². The minimum absolute atomic E-state index is 0.832. The molecule has 2 aliphatic rings. The van der Waals surface area contributed by atoms with Gasteiger partial charge in [0.15, 0.2) is 0 Å². The summed E-state index contributed by atoms with van der Waals surface area (Å²) in [5, 5.41) is 1.18. The number of hydrogen-bond acceptors (Lipinski definition) is 4. The molecule has 2 fully saturated rings. The molecule has 2 aromatic heterocycles. The number of rotatable bonds is 2. The van der Waals surface area contributed by atoms with Crippen LogP contribution in [-0.4, -0.2) is 51.7 Å². The van der Waals surface area contributed by atoms with Crippen molar-refractivity contribution in [3.63, 3.8) is 0 Å². The van der Waals surface area contributed by atoms with Crippen molar-refractivity contribution in [1.82, 2.24) is 19.4 Å². The largest absolute Gasteiger partial charge is 0.353 e. The zero-order valence-electron chi connectivity index (χ0n) is 13.4. The molecule has 0 amide bonds. The normalized spacial score (nSPS) is 21.6. The Morgan fingerprint density at radius 1 is 1.00 bits per heavy atom. The van der Waals surface area contributed by atoms with Crippen LogP contribution in [-0.2, 0) is 7.05 Å². The van der Waals surface area contributed by atoms with Gasteiger partial charge in [-0.1, -0.05) is 19.3 Å².